The Morgan fingerprint density at radius 3 is 2.70 bits per heavy atom. The largest absolute Gasteiger partial charge is 0.489 e. The van der Waals surface area contributed by atoms with E-state index in [0.717, 1.165) is 25.3 Å². The standard InChI is InChI=1S/C14H22N2O3.ClH/c1-10(2)18-11-4-5-14(16-8-11)19-12-6-7-15-9-13(12)17-3;/h4-5,8,10,12-13,15H,6-7,9H2,1-3H3;1H/t12-,13-;/m0./s1. The summed E-state index contributed by atoms with van der Waals surface area (Å²) in [6.45, 7) is 5.74. The summed E-state index contributed by atoms with van der Waals surface area (Å²) in [5, 5.41) is 3.29. The number of halogens is 1. The van der Waals surface area contributed by atoms with E-state index < -0.39 is 0 Å². The van der Waals surface area contributed by atoms with E-state index >= 15 is 0 Å². The zero-order valence-electron chi connectivity index (χ0n) is 12.2. The lowest BCUT2D eigenvalue weighted by Crippen LogP contribution is -2.47. The minimum atomic E-state index is 0. The zero-order chi connectivity index (χ0) is 13.7. The van der Waals surface area contributed by atoms with Crippen molar-refractivity contribution in [1.82, 2.24) is 10.3 Å². The number of rotatable bonds is 5. The van der Waals surface area contributed by atoms with Gasteiger partial charge in [-0.15, -0.1) is 12.4 Å². The molecule has 2 heterocycles. The average Bonchev–Trinajstić information content (AvgIpc) is 2.41. The first-order chi connectivity index (χ1) is 9.19. The molecule has 1 saturated heterocycles. The SMILES string of the molecule is CO[C@H]1CNCC[C@@H]1Oc1ccc(OC(C)C)cn1.Cl. The van der Waals surface area contributed by atoms with Crippen LogP contribution in [0.3, 0.4) is 0 Å². The molecule has 1 fully saturated rings. The molecule has 1 aromatic rings. The Morgan fingerprint density at radius 2 is 2.10 bits per heavy atom. The molecule has 1 aromatic heterocycles. The van der Waals surface area contributed by atoms with Crippen molar-refractivity contribution in [2.24, 2.45) is 0 Å². The summed E-state index contributed by atoms with van der Waals surface area (Å²) in [6, 6.07) is 3.72. The third-order valence-corrected chi connectivity index (χ3v) is 3.02. The van der Waals surface area contributed by atoms with Crippen molar-refractivity contribution in [3.63, 3.8) is 0 Å². The lowest BCUT2D eigenvalue weighted by molar-refractivity contribution is -0.0160. The van der Waals surface area contributed by atoms with Crippen molar-refractivity contribution in [3.05, 3.63) is 18.3 Å². The fourth-order valence-corrected chi connectivity index (χ4v) is 2.11. The minimum absolute atomic E-state index is 0. The predicted molar refractivity (Wildman–Crippen MR) is 79.9 cm³/mol. The van der Waals surface area contributed by atoms with E-state index in [0.29, 0.717) is 5.88 Å². The molecule has 114 valence electrons. The molecule has 2 rings (SSSR count). The van der Waals surface area contributed by atoms with Gasteiger partial charge in [0.2, 0.25) is 5.88 Å². The molecule has 5 nitrogen and oxygen atoms in total. The lowest BCUT2D eigenvalue weighted by atomic mass is 10.1. The van der Waals surface area contributed by atoms with E-state index in [2.05, 4.69) is 10.3 Å². The molecule has 1 aliphatic rings. The van der Waals surface area contributed by atoms with Gasteiger partial charge in [0.05, 0.1) is 12.3 Å². The summed E-state index contributed by atoms with van der Waals surface area (Å²) in [6.07, 6.45) is 2.89. The van der Waals surface area contributed by atoms with E-state index in [4.69, 9.17) is 14.2 Å². The second kappa shape index (κ2) is 8.29. The summed E-state index contributed by atoms with van der Waals surface area (Å²) in [5.74, 6) is 1.38. The van der Waals surface area contributed by atoms with Crippen LogP contribution < -0.4 is 14.8 Å². The van der Waals surface area contributed by atoms with E-state index in [1.807, 2.05) is 26.0 Å². The molecule has 20 heavy (non-hydrogen) atoms. The second-order valence-corrected chi connectivity index (χ2v) is 4.92. The number of pyridine rings is 1. The Labute approximate surface area is 126 Å². The predicted octanol–water partition coefficient (Wildman–Crippen LogP) is 2.05. The highest BCUT2D eigenvalue weighted by molar-refractivity contribution is 5.85. The zero-order valence-corrected chi connectivity index (χ0v) is 13.0. The monoisotopic (exact) mass is 302 g/mol. The topological polar surface area (TPSA) is 52.6 Å². The number of piperidine rings is 1. The molecule has 0 spiro atoms. The quantitative estimate of drug-likeness (QED) is 0.902. The van der Waals surface area contributed by atoms with Crippen molar-refractivity contribution < 1.29 is 14.2 Å². The summed E-state index contributed by atoms with van der Waals surface area (Å²) >= 11 is 0. The van der Waals surface area contributed by atoms with Crippen LogP contribution in [0.5, 0.6) is 11.6 Å². The first kappa shape index (κ1) is 17.0. The van der Waals surface area contributed by atoms with Crippen LogP contribution in [0, 0.1) is 0 Å². The molecule has 0 bridgehead atoms. The lowest BCUT2D eigenvalue weighted by Gasteiger charge is -2.30. The van der Waals surface area contributed by atoms with Gasteiger partial charge in [-0.05, 0) is 32.9 Å². The molecule has 0 radical (unpaired) electrons. The van der Waals surface area contributed by atoms with Crippen LogP contribution in [0.15, 0.2) is 18.3 Å². The molecule has 0 unspecified atom stereocenters. The molecular formula is C14H23ClN2O3. The molecule has 6 heteroatoms. The fourth-order valence-electron chi connectivity index (χ4n) is 2.11. The Morgan fingerprint density at radius 1 is 1.30 bits per heavy atom. The molecule has 1 N–H and O–H groups in total. The highest BCUT2D eigenvalue weighted by atomic mass is 35.5. The van der Waals surface area contributed by atoms with Gasteiger partial charge in [-0.25, -0.2) is 4.98 Å². The van der Waals surface area contributed by atoms with E-state index in [1.165, 1.54) is 0 Å². The average molecular weight is 303 g/mol. The minimum Gasteiger partial charge on any atom is -0.489 e. The Kier molecular flexibility index (Phi) is 7.05. The first-order valence-electron chi connectivity index (χ1n) is 6.72. The van der Waals surface area contributed by atoms with Crippen LogP contribution in [0.4, 0.5) is 0 Å². The number of aromatic nitrogens is 1. The number of nitrogens with one attached hydrogen (secondary N) is 1. The fraction of sp³-hybridized carbons (Fsp3) is 0.643. The molecule has 0 saturated carbocycles. The van der Waals surface area contributed by atoms with Crippen LogP contribution >= 0.6 is 12.4 Å². The summed E-state index contributed by atoms with van der Waals surface area (Å²) in [5.41, 5.74) is 0. The molecular weight excluding hydrogens is 280 g/mol. The van der Waals surface area contributed by atoms with Crippen molar-refractivity contribution in [2.45, 2.75) is 38.6 Å². The first-order valence-corrected chi connectivity index (χ1v) is 6.72. The van der Waals surface area contributed by atoms with Gasteiger partial charge in [0, 0.05) is 19.7 Å². The van der Waals surface area contributed by atoms with Gasteiger partial charge >= 0.3 is 0 Å². The molecule has 1 aliphatic heterocycles. The number of nitrogens with zero attached hydrogens (tertiary/aromatic N) is 1. The van der Waals surface area contributed by atoms with Crippen LogP contribution in [0.25, 0.3) is 0 Å². The highest BCUT2D eigenvalue weighted by Gasteiger charge is 2.26. The Balaban J connectivity index is 0.00000200. The van der Waals surface area contributed by atoms with Crippen molar-refractivity contribution in [3.8, 4) is 11.6 Å². The molecule has 0 aromatic carbocycles. The number of hydrogen-bond acceptors (Lipinski definition) is 5. The number of ether oxygens (including phenoxy) is 3. The van der Waals surface area contributed by atoms with Gasteiger partial charge in [-0.3, -0.25) is 0 Å². The maximum atomic E-state index is 5.89. The highest BCUT2D eigenvalue weighted by Crippen LogP contribution is 2.19. The van der Waals surface area contributed by atoms with Gasteiger partial charge in [0.15, 0.2) is 0 Å². The van der Waals surface area contributed by atoms with Crippen molar-refractivity contribution >= 4 is 12.4 Å². The summed E-state index contributed by atoms with van der Waals surface area (Å²) < 4.78 is 16.8. The maximum Gasteiger partial charge on any atom is 0.213 e. The molecule has 0 aliphatic carbocycles. The van der Waals surface area contributed by atoms with Gasteiger partial charge in [-0.2, -0.15) is 0 Å². The summed E-state index contributed by atoms with van der Waals surface area (Å²) in [7, 11) is 1.71. The van der Waals surface area contributed by atoms with Crippen LogP contribution in [-0.2, 0) is 4.74 Å². The number of methoxy groups -OCH3 is 1. The Hall–Kier alpha value is -1.04. The maximum absolute atomic E-state index is 5.89. The second-order valence-electron chi connectivity index (χ2n) is 4.92. The van der Waals surface area contributed by atoms with E-state index in [1.54, 1.807) is 13.3 Å². The van der Waals surface area contributed by atoms with Crippen LogP contribution in [0.1, 0.15) is 20.3 Å². The van der Waals surface area contributed by atoms with E-state index in [-0.39, 0.29) is 30.7 Å². The van der Waals surface area contributed by atoms with E-state index in [9.17, 15) is 0 Å². The van der Waals surface area contributed by atoms with Crippen LogP contribution in [-0.4, -0.2) is 43.5 Å². The van der Waals surface area contributed by atoms with Crippen molar-refractivity contribution in [2.75, 3.05) is 20.2 Å². The van der Waals surface area contributed by atoms with Gasteiger partial charge in [0.25, 0.3) is 0 Å². The third kappa shape index (κ3) is 4.81. The number of hydrogen-bond donors (Lipinski definition) is 1. The smallest absolute Gasteiger partial charge is 0.213 e. The normalized spacial score (nSPS) is 22.2. The van der Waals surface area contributed by atoms with Crippen LogP contribution in [0.2, 0.25) is 0 Å². The molecule has 2 atom stereocenters. The van der Waals surface area contributed by atoms with Crippen molar-refractivity contribution in [1.29, 1.82) is 0 Å². The molecule has 0 amide bonds. The van der Waals surface area contributed by atoms with Gasteiger partial charge in [0.1, 0.15) is 18.0 Å². The Bertz CT molecular complexity index is 387. The summed E-state index contributed by atoms with van der Waals surface area (Å²) in [4.78, 5) is 4.27. The van der Waals surface area contributed by atoms with Gasteiger partial charge < -0.3 is 19.5 Å². The van der Waals surface area contributed by atoms with Gasteiger partial charge in [-0.1, -0.05) is 0 Å². The third-order valence-electron chi connectivity index (χ3n) is 3.02.